The van der Waals surface area contributed by atoms with Crippen molar-refractivity contribution in [3.8, 4) is 0 Å². The average molecular weight is 317 g/mol. The zero-order valence-corrected chi connectivity index (χ0v) is 13.2. The minimum atomic E-state index is 0.0167. The number of carbonyl (C=O) groups excluding carboxylic acids is 1. The molecule has 0 aliphatic rings. The van der Waals surface area contributed by atoms with Crippen molar-refractivity contribution in [1.82, 2.24) is 15.1 Å². The number of aromatic amines is 1. The summed E-state index contributed by atoms with van der Waals surface area (Å²) in [6.07, 6.45) is 1.60. The third kappa shape index (κ3) is 3.22. The van der Waals surface area contributed by atoms with Crippen LogP contribution >= 0.6 is 22.7 Å². The quantitative estimate of drug-likeness (QED) is 0.780. The van der Waals surface area contributed by atoms with E-state index in [1.54, 1.807) is 28.9 Å². The van der Waals surface area contributed by atoms with Gasteiger partial charge in [-0.25, -0.2) is 0 Å². The summed E-state index contributed by atoms with van der Waals surface area (Å²) in [5.41, 5.74) is 1.45. The highest BCUT2D eigenvalue weighted by Gasteiger charge is 2.20. The van der Waals surface area contributed by atoms with Gasteiger partial charge in [-0.2, -0.15) is 5.10 Å². The molecule has 0 saturated heterocycles. The molecule has 3 rings (SSSR count). The number of hydrogen-bond acceptors (Lipinski definition) is 4. The minimum absolute atomic E-state index is 0.0167. The number of hydrogen-bond donors (Lipinski definition) is 1. The Morgan fingerprint density at radius 1 is 1.19 bits per heavy atom. The third-order valence-electron chi connectivity index (χ3n) is 3.20. The van der Waals surface area contributed by atoms with Crippen molar-refractivity contribution in [1.29, 1.82) is 0 Å². The van der Waals surface area contributed by atoms with Gasteiger partial charge in [0.25, 0.3) is 5.91 Å². The molecule has 0 aliphatic carbocycles. The Balaban J connectivity index is 1.84. The topological polar surface area (TPSA) is 49.0 Å². The van der Waals surface area contributed by atoms with Crippen molar-refractivity contribution in [3.63, 3.8) is 0 Å². The number of amides is 1. The molecule has 1 amide bonds. The minimum Gasteiger partial charge on any atom is -0.328 e. The van der Waals surface area contributed by atoms with E-state index in [2.05, 4.69) is 22.3 Å². The van der Waals surface area contributed by atoms with Crippen molar-refractivity contribution >= 4 is 28.6 Å². The second-order valence-corrected chi connectivity index (χ2v) is 6.79. The summed E-state index contributed by atoms with van der Waals surface area (Å²) in [6.45, 7) is 3.12. The first kappa shape index (κ1) is 14.0. The van der Waals surface area contributed by atoms with Crippen LogP contribution in [0.3, 0.4) is 0 Å². The Kier molecular flexibility index (Phi) is 4.17. The maximum Gasteiger partial charge on any atom is 0.257 e. The SMILES string of the molecule is Cc1[nH]ncc1C(=O)N(Cc1cccs1)Cc1cccs1. The van der Waals surface area contributed by atoms with Crippen molar-refractivity contribution in [2.45, 2.75) is 20.0 Å². The van der Waals surface area contributed by atoms with Crippen molar-refractivity contribution in [3.05, 3.63) is 62.2 Å². The average Bonchev–Trinajstić information content (AvgIpc) is 3.19. The summed E-state index contributed by atoms with van der Waals surface area (Å²) in [7, 11) is 0. The Morgan fingerprint density at radius 3 is 2.24 bits per heavy atom. The lowest BCUT2D eigenvalue weighted by molar-refractivity contribution is 0.0733. The van der Waals surface area contributed by atoms with Crippen LogP contribution in [0.15, 0.2) is 41.2 Å². The first-order valence-corrected chi connectivity index (χ1v) is 8.34. The van der Waals surface area contributed by atoms with Crippen LogP contribution in [-0.4, -0.2) is 21.0 Å². The van der Waals surface area contributed by atoms with Crippen LogP contribution in [-0.2, 0) is 13.1 Å². The van der Waals surface area contributed by atoms with Gasteiger partial charge in [0.05, 0.1) is 24.8 Å². The van der Waals surface area contributed by atoms with Gasteiger partial charge >= 0.3 is 0 Å². The van der Waals surface area contributed by atoms with E-state index in [0.29, 0.717) is 18.7 Å². The van der Waals surface area contributed by atoms with E-state index in [9.17, 15) is 4.79 Å². The highest BCUT2D eigenvalue weighted by molar-refractivity contribution is 7.10. The van der Waals surface area contributed by atoms with E-state index in [4.69, 9.17) is 0 Å². The number of rotatable bonds is 5. The van der Waals surface area contributed by atoms with Gasteiger partial charge in [0.15, 0.2) is 0 Å². The number of thiophene rings is 2. The molecular formula is C15H15N3OS2. The Hall–Kier alpha value is -1.92. The summed E-state index contributed by atoms with van der Waals surface area (Å²) < 4.78 is 0. The Bertz CT molecular complexity index is 665. The normalized spacial score (nSPS) is 10.7. The molecule has 21 heavy (non-hydrogen) atoms. The van der Waals surface area contributed by atoms with Crippen molar-refractivity contribution in [2.24, 2.45) is 0 Å². The van der Waals surface area contributed by atoms with E-state index < -0.39 is 0 Å². The van der Waals surface area contributed by atoms with Crippen molar-refractivity contribution in [2.75, 3.05) is 0 Å². The zero-order chi connectivity index (χ0) is 14.7. The van der Waals surface area contributed by atoms with E-state index in [0.717, 1.165) is 5.69 Å². The van der Waals surface area contributed by atoms with Gasteiger partial charge in [-0.1, -0.05) is 12.1 Å². The molecule has 4 nitrogen and oxygen atoms in total. The second-order valence-electron chi connectivity index (χ2n) is 4.73. The molecule has 3 heterocycles. The lowest BCUT2D eigenvalue weighted by Gasteiger charge is -2.21. The molecule has 3 aromatic heterocycles. The summed E-state index contributed by atoms with van der Waals surface area (Å²) in [5, 5.41) is 10.8. The van der Waals surface area contributed by atoms with Crippen LogP contribution < -0.4 is 0 Å². The molecule has 0 unspecified atom stereocenters. The molecule has 0 bridgehead atoms. The molecule has 0 radical (unpaired) electrons. The molecule has 0 aromatic carbocycles. The largest absolute Gasteiger partial charge is 0.328 e. The molecular weight excluding hydrogens is 302 g/mol. The fraction of sp³-hybridized carbons (Fsp3) is 0.200. The smallest absolute Gasteiger partial charge is 0.257 e. The predicted octanol–water partition coefficient (Wildman–Crippen LogP) is 3.68. The molecule has 0 saturated carbocycles. The van der Waals surface area contributed by atoms with Crippen LogP contribution in [0.4, 0.5) is 0 Å². The fourth-order valence-corrected chi connectivity index (χ4v) is 3.56. The lowest BCUT2D eigenvalue weighted by Crippen LogP contribution is -2.29. The molecule has 0 fully saturated rings. The molecule has 0 atom stereocenters. The summed E-state index contributed by atoms with van der Waals surface area (Å²) in [5.74, 6) is 0.0167. The number of nitrogens with one attached hydrogen (secondary N) is 1. The maximum absolute atomic E-state index is 12.8. The van der Waals surface area contributed by atoms with Gasteiger partial charge in [0.1, 0.15) is 0 Å². The molecule has 1 N–H and O–H groups in total. The lowest BCUT2D eigenvalue weighted by atomic mass is 10.2. The van der Waals surface area contributed by atoms with Crippen molar-refractivity contribution < 1.29 is 4.79 Å². The summed E-state index contributed by atoms with van der Waals surface area (Å²) >= 11 is 3.34. The molecule has 3 aromatic rings. The first-order chi connectivity index (χ1) is 10.2. The first-order valence-electron chi connectivity index (χ1n) is 6.58. The van der Waals surface area contributed by atoms with E-state index in [1.165, 1.54) is 9.75 Å². The van der Waals surface area contributed by atoms with Crippen LogP contribution in [0.25, 0.3) is 0 Å². The van der Waals surface area contributed by atoms with Gasteiger partial charge in [0.2, 0.25) is 0 Å². The predicted molar refractivity (Wildman–Crippen MR) is 85.5 cm³/mol. The van der Waals surface area contributed by atoms with Gasteiger partial charge in [-0.3, -0.25) is 9.89 Å². The summed E-state index contributed by atoms with van der Waals surface area (Å²) in [4.78, 5) is 17.0. The fourth-order valence-electron chi connectivity index (χ4n) is 2.12. The zero-order valence-electron chi connectivity index (χ0n) is 11.6. The number of aromatic nitrogens is 2. The number of carbonyl (C=O) groups is 1. The molecule has 0 spiro atoms. The van der Waals surface area contributed by atoms with Crippen LogP contribution in [0.2, 0.25) is 0 Å². The van der Waals surface area contributed by atoms with Crippen LogP contribution in [0.1, 0.15) is 25.8 Å². The number of H-pyrrole nitrogens is 1. The van der Waals surface area contributed by atoms with E-state index in [1.807, 2.05) is 34.7 Å². The Labute approximate surface area is 131 Å². The van der Waals surface area contributed by atoms with E-state index in [-0.39, 0.29) is 5.91 Å². The molecule has 6 heteroatoms. The molecule has 108 valence electrons. The number of nitrogens with zero attached hydrogens (tertiary/aromatic N) is 2. The molecule has 0 aliphatic heterocycles. The van der Waals surface area contributed by atoms with Crippen LogP contribution in [0.5, 0.6) is 0 Å². The second kappa shape index (κ2) is 6.24. The van der Waals surface area contributed by atoms with E-state index >= 15 is 0 Å². The monoisotopic (exact) mass is 317 g/mol. The maximum atomic E-state index is 12.8. The van der Waals surface area contributed by atoms with Crippen LogP contribution in [0, 0.1) is 6.92 Å². The van der Waals surface area contributed by atoms with Gasteiger partial charge in [-0.05, 0) is 29.8 Å². The highest BCUT2D eigenvalue weighted by atomic mass is 32.1. The standard InChI is InChI=1S/C15H15N3OS2/c1-11-14(8-16-17-11)15(19)18(9-12-4-2-6-20-12)10-13-5-3-7-21-13/h2-8H,9-10H2,1H3,(H,16,17). The van der Waals surface area contributed by atoms with Gasteiger partial charge in [0, 0.05) is 15.4 Å². The third-order valence-corrected chi connectivity index (χ3v) is 4.92. The Morgan fingerprint density at radius 2 is 1.81 bits per heavy atom. The summed E-state index contributed by atoms with van der Waals surface area (Å²) in [6, 6.07) is 8.14. The van der Waals surface area contributed by atoms with Gasteiger partial charge < -0.3 is 4.90 Å². The number of aryl methyl sites for hydroxylation is 1. The van der Waals surface area contributed by atoms with Gasteiger partial charge in [-0.15, -0.1) is 22.7 Å². The highest BCUT2D eigenvalue weighted by Crippen LogP contribution is 2.20.